The fraction of sp³-hybridized carbons (Fsp3) is 0.391. The molecule has 2 amide bonds. The summed E-state index contributed by atoms with van der Waals surface area (Å²) in [7, 11) is 3.10. The summed E-state index contributed by atoms with van der Waals surface area (Å²) in [5, 5.41) is 2.69. The molecule has 1 atom stereocenters. The van der Waals surface area contributed by atoms with E-state index < -0.39 is 17.8 Å². The Balaban J connectivity index is 1.58. The summed E-state index contributed by atoms with van der Waals surface area (Å²) in [6.07, 6.45) is -3.67. The van der Waals surface area contributed by atoms with E-state index in [2.05, 4.69) is 5.32 Å². The molecule has 0 bridgehead atoms. The first kappa shape index (κ1) is 24.8. The number of halogens is 3. The van der Waals surface area contributed by atoms with Gasteiger partial charge in [-0.05, 0) is 36.2 Å². The number of hydrogen-bond donors (Lipinski definition) is 1. The quantitative estimate of drug-likeness (QED) is 0.537. The van der Waals surface area contributed by atoms with Gasteiger partial charge in [0.25, 0.3) is 0 Å². The van der Waals surface area contributed by atoms with Gasteiger partial charge in [-0.25, -0.2) is 0 Å². The highest BCUT2D eigenvalue weighted by Gasteiger charge is 2.34. The highest BCUT2D eigenvalue weighted by Crippen LogP contribution is 2.33. The van der Waals surface area contributed by atoms with E-state index in [-0.39, 0.29) is 24.8 Å². The van der Waals surface area contributed by atoms with Crippen molar-refractivity contribution < 1.29 is 32.2 Å². The molecule has 1 saturated heterocycles. The van der Waals surface area contributed by atoms with Crippen LogP contribution in [0.3, 0.4) is 0 Å². The zero-order chi connectivity index (χ0) is 24.0. The lowest BCUT2D eigenvalue weighted by Crippen LogP contribution is -2.30. The van der Waals surface area contributed by atoms with E-state index in [1.807, 2.05) is 12.1 Å². The molecule has 6 nitrogen and oxygen atoms in total. The Morgan fingerprint density at radius 1 is 1.15 bits per heavy atom. The third kappa shape index (κ3) is 6.80. The van der Waals surface area contributed by atoms with Crippen LogP contribution >= 0.6 is 11.8 Å². The smallest absolute Gasteiger partial charge is 0.398 e. The van der Waals surface area contributed by atoms with Crippen LogP contribution in [-0.4, -0.2) is 56.0 Å². The van der Waals surface area contributed by atoms with Crippen LogP contribution in [0.4, 0.5) is 18.9 Å². The molecule has 2 aromatic rings. The number of thioether (sulfide) groups is 1. The lowest BCUT2D eigenvalue weighted by molar-refractivity contribution is -0.128. The lowest BCUT2D eigenvalue weighted by Gasteiger charge is -2.18. The molecule has 0 aromatic heterocycles. The van der Waals surface area contributed by atoms with Crippen LogP contribution in [0, 0.1) is 5.92 Å². The van der Waals surface area contributed by atoms with Crippen LogP contribution in [0.15, 0.2) is 47.4 Å². The molecule has 1 heterocycles. The van der Waals surface area contributed by atoms with Gasteiger partial charge in [-0.2, -0.15) is 13.2 Å². The largest absolute Gasteiger partial charge is 0.493 e. The van der Waals surface area contributed by atoms with Crippen molar-refractivity contribution in [1.29, 1.82) is 0 Å². The Morgan fingerprint density at radius 3 is 2.58 bits per heavy atom. The maximum Gasteiger partial charge on any atom is 0.398 e. The second kappa shape index (κ2) is 10.8. The molecule has 0 spiro atoms. The van der Waals surface area contributed by atoms with Gasteiger partial charge in [0.15, 0.2) is 11.5 Å². The number of para-hydroxylation sites is 1. The number of carbonyl (C=O) groups is 2. The molecule has 33 heavy (non-hydrogen) atoms. The van der Waals surface area contributed by atoms with E-state index in [0.717, 1.165) is 5.56 Å². The van der Waals surface area contributed by atoms with Gasteiger partial charge in [0, 0.05) is 24.4 Å². The second-order valence-corrected chi connectivity index (χ2v) is 8.59. The van der Waals surface area contributed by atoms with Gasteiger partial charge in [-0.3, -0.25) is 9.59 Å². The molecule has 0 radical (unpaired) electrons. The van der Waals surface area contributed by atoms with E-state index in [1.165, 1.54) is 6.07 Å². The molecule has 178 valence electrons. The number of hydrogen-bond acceptors (Lipinski definition) is 5. The third-order valence-corrected chi connectivity index (χ3v) is 6.38. The van der Waals surface area contributed by atoms with Crippen molar-refractivity contribution in [2.45, 2.75) is 23.9 Å². The molecule has 0 saturated carbocycles. The average Bonchev–Trinajstić information content (AvgIpc) is 3.17. The minimum absolute atomic E-state index is 0.0651. The fourth-order valence-corrected chi connectivity index (χ4v) is 4.32. The molecular formula is C23H25F3N2O4S. The number of nitrogens with zero attached hydrogens (tertiary/aromatic N) is 1. The summed E-state index contributed by atoms with van der Waals surface area (Å²) in [6.45, 7) is 0.700. The van der Waals surface area contributed by atoms with Crippen molar-refractivity contribution in [3.05, 3.63) is 48.0 Å². The maximum absolute atomic E-state index is 12.7. The Kier molecular flexibility index (Phi) is 8.12. The zero-order valence-electron chi connectivity index (χ0n) is 18.3. The standard InChI is InChI=1S/C23H25F3N2O4S/c1-31-18-8-7-15(11-19(18)32-2)9-10-28-13-16(12-21(28)29)22(30)27-17-5-3-4-6-20(17)33-14-23(24,25)26/h3-8,11,16H,9-10,12-14H2,1-2H3,(H,27,30). The van der Waals surface area contributed by atoms with E-state index in [1.54, 1.807) is 43.4 Å². The highest BCUT2D eigenvalue weighted by molar-refractivity contribution is 7.99. The van der Waals surface area contributed by atoms with Gasteiger partial charge >= 0.3 is 6.18 Å². The molecule has 1 fully saturated rings. The first-order valence-electron chi connectivity index (χ1n) is 10.3. The monoisotopic (exact) mass is 482 g/mol. The predicted molar refractivity (Wildman–Crippen MR) is 120 cm³/mol. The molecule has 1 aliphatic heterocycles. The third-order valence-electron chi connectivity index (χ3n) is 5.24. The van der Waals surface area contributed by atoms with Crippen LogP contribution in [0.1, 0.15) is 12.0 Å². The average molecular weight is 483 g/mol. The fourth-order valence-electron chi connectivity index (χ4n) is 3.55. The molecule has 3 rings (SSSR count). The van der Waals surface area contributed by atoms with Crippen molar-refractivity contribution in [3.63, 3.8) is 0 Å². The molecule has 0 aliphatic carbocycles. The van der Waals surface area contributed by atoms with Gasteiger partial charge < -0.3 is 19.7 Å². The van der Waals surface area contributed by atoms with Gasteiger partial charge in [-0.15, -0.1) is 11.8 Å². The lowest BCUT2D eigenvalue weighted by atomic mass is 10.1. The second-order valence-electron chi connectivity index (χ2n) is 7.57. The van der Waals surface area contributed by atoms with Crippen LogP contribution in [0.5, 0.6) is 11.5 Å². The molecule has 1 N–H and O–H groups in total. The number of nitrogens with one attached hydrogen (secondary N) is 1. The summed E-state index contributed by atoms with van der Waals surface area (Å²) in [6, 6.07) is 11.9. The molecule has 1 unspecified atom stereocenters. The Hall–Kier alpha value is -2.88. The Bertz CT molecular complexity index is 1000. The van der Waals surface area contributed by atoms with Crippen molar-refractivity contribution in [2.24, 2.45) is 5.92 Å². The van der Waals surface area contributed by atoms with Crippen LogP contribution < -0.4 is 14.8 Å². The van der Waals surface area contributed by atoms with Crippen LogP contribution in [0.25, 0.3) is 0 Å². The topological polar surface area (TPSA) is 67.9 Å². The first-order chi connectivity index (χ1) is 15.7. The minimum atomic E-state index is -4.31. The predicted octanol–water partition coefficient (Wildman–Crippen LogP) is 4.39. The molecule has 10 heteroatoms. The van der Waals surface area contributed by atoms with Crippen LogP contribution in [-0.2, 0) is 16.0 Å². The number of anilines is 1. The van der Waals surface area contributed by atoms with Gasteiger partial charge in [-0.1, -0.05) is 18.2 Å². The van der Waals surface area contributed by atoms with Crippen molar-refractivity contribution in [3.8, 4) is 11.5 Å². The number of rotatable bonds is 9. The van der Waals surface area contributed by atoms with E-state index in [4.69, 9.17) is 9.47 Å². The Labute approximate surface area is 194 Å². The number of alkyl halides is 3. The minimum Gasteiger partial charge on any atom is -0.493 e. The van der Waals surface area contributed by atoms with Gasteiger partial charge in [0.2, 0.25) is 11.8 Å². The van der Waals surface area contributed by atoms with Crippen molar-refractivity contribution >= 4 is 29.3 Å². The van der Waals surface area contributed by atoms with Crippen LogP contribution in [0.2, 0.25) is 0 Å². The summed E-state index contributed by atoms with van der Waals surface area (Å²) in [4.78, 5) is 27.1. The van der Waals surface area contributed by atoms with E-state index >= 15 is 0 Å². The van der Waals surface area contributed by atoms with E-state index in [9.17, 15) is 22.8 Å². The number of benzene rings is 2. The summed E-state index contributed by atoms with van der Waals surface area (Å²) in [5.41, 5.74) is 1.27. The van der Waals surface area contributed by atoms with Crippen molar-refractivity contribution in [1.82, 2.24) is 4.90 Å². The SMILES string of the molecule is COc1ccc(CCN2CC(C(=O)Nc3ccccc3SCC(F)(F)F)CC2=O)cc1OC. The zero-order valence-corrected chi connectivity index (χ0v) is 19.1. The van der Waals surface area contributed by atoms with Gasteiger partial charge in [0.05, 0.1) is 31.6 Å². The number of amides is 2. The van der Waals surface area contributed by atoms with Crippen molar-refractivity contribution in [2.75, 3.05) is 38.4 Å². The Morgan fingerprint density at radius 2 is 1.88 bits per heavy atom. The normalized spacial score (nSPS) is 16.1. The van der Waals surface area contributed by atoms with E-state index in [0.29, 0.717) is 46.8 Å². The summed E-state index contributed by atoms with van der Waals surface area (Å²) in [5.74, 6) is -0.909. The highest BCUT2D eigenvalue weighted by atomic mass is 32.2. The maximum atomic E-state index is 12.7. The molecule has 2 aromatic carbocycles. The number of ether oxygens (including phenoxy) is 2. The molecular weight excluding hydrogens is 457 g/mol. The number of methoxy groups -OCH3 is 2. The first-order valence-corrected chi connectivity index (χ1v) is 11.3. The number of carbonyl (C=O) groups excluding carboxylic acids is 2. The summed E-state index contributed by atoms with van der Waals surface area (Å²) < 4.78 is 48.3. The van der Waals surface area contributed by atoms with Gasteiger partial charge in [0.1, 0.15) is 0 Å². The number of likely N-dealkylation sites (tertiary alicyclic amines) is 1. The summed E-state index contributed by atoms with van der Waals surface area (Å²) >= 11 is 0.615. The molecule has 1 aliphatic rings.